The number of aryl methyl sites for hydroxylation is 1. The molecule has 0 bridgehead atoms. The third-order valence-electron chi connectivity index (χ3n) is 1.13. The van der Waals surface area contributed by atoms with Gasteiger partial charge in [-0.3, -0.25) is 0 Å². The molecule has 0 saturated carbocycles. The lowest BCUT2D eigenvalue weighted by atomic mass is 10.3. The van der Waals surface area contributed by atoms with Crippen LogP contribution >= 0.6 is 22.9 Å². The molecular weight excluding hydrogens is 168 g/mol. The first-order valence-corrected chi connectivity index (χ1v) is 4.19. The summed E-state index contributed by atoms with van der Waals surface area (Å²) in [7, 11) is 0. The maximum absolute atomic E-state index is 5.76. The summed E-state index contributed by atoms with van der Waals surface area (Å²) < 4.78 is 0. The zero-order valence-electron chi connectivity index (χ0n) is 5.89. The van der Waals surface area contributed by atoms with E-state index in [9.17, 15) is 0 Å². The fourth-order valence-electron chi connectivity index (χ4n) is 0.698. The number of rotatable bonds is 1. The molecule has 1 aromatic heterocycles. The van der Waals surface area contributed by atoms with E-state index in [0.717, 1.165) is 9.88 Å². The first-order chi connectivity index (χ1) is 4.61. The fourth-order valence-corrected chi connectivity index (χ4v) is 1.93. The standard InChI is InChI=1S/C6H9ClN2S/c1-3(8)5-6(7)9-4(2)10-5/h3H,8H2,1-2H3. The average Bonchev–Trinajstić information content (AvgIpc) is 2.10. The van der Waals surface area contributed by atoms with Crippen LogP contribution in [0.15, 0.2) is 0 Å². The number of aromatic nitrogens is 1. The number of nitrogens with two attached hydrogens (primary N) is 1. The highest BCUT2D eigenvalue weighted by Gasteiger charge is 2.09. The highest BCUT2D eigenvalue weighted by molar-refractivity contribution is 7.12. The van der Waals surface area contributed by atoms with Gasteiger partial charge in [-0.1, -0.05) is 11.6 Å². The smallest absolute Gasteiger partial charge is 0.145 e. The molecular formula is C6H9ClN2S. The van der Waals surface area contributed by atoms with Gasteiger partial charge in [-0.15, -0.1) is 11.3 Å². The molecule has 4 heteroatoms. The van der Waals surface area contributed by atoms with E-state index in [1.807, 2.05) is 13.8 Å². The van der Waals surface area contributed by atoms with Crippen LogP contribution < -0.4 is 5.73 Å². The van der Waals surface area contributed by atoms with Crippen LogP contribution in [0.5, 0.6) is 0 Å². The summed E-state index contributed by atoms with van der Waals surface area (Å²) in [6, 6.07) is -0.00120. The highest BCUT2D eigenvalue weighted by Crippen LogP contribution is 2.26. The lowest BCUT2D eigenvalue weighted by Gasteiger charge is -1.98. The topological polar surface area (TPSA) is 38.9 Å². The Balaban J connectivity index is 3.03. The van der Waals surface area contributed by atoms with Crippen molar-refractivity contribution in [3.8, 4) is 0 Å². The van der Waals surface area contributed by atoms with E-state index < -0.39 is 0 Å². The number of hydrogen-bond acceptors (Lipinski definition) is 3. The van der Waals surface area contributed by atoms with Crippen molar-refractivity contribution in [2.24, 2.45) is 5.73 Å². The molecule has 1 rings (SSSR count). The quantitative estimate of drug-likeness (QED) is 0.712. The van der Waals surface area contributed by atoms with Crippen molar-refractivity contribution >= 4 is 22.9 Å². The van der Waals surface area contributed by atoms with Gasteiger partial charge in [-0.25, -0.2) is 4.98 Å². The van der Waals surface area contributed by atoms with E-state index in [1.54, 1.807) is 11.3 Å². The van der Waals surface area contributed by atoms with E-state index >= 15 is 0 Å². The maximum atomic E-state index is 5.76. The van der Waals surface area contributed by atoms with Crippen molar-refractivity contribution in [3.63, 3.8) is 0 Å². The minimum atomic E-state index is -0.00120. The van der Waals surface area contributed by atoms with Crippen LogP contribution in [0.25, 0.3) is 0 Å². The van der Waals surface area contributed by atoms with Crippen LogP contribution in [-0.4, -0.2) is 4.98 Å². The minimum absolute atomic E-state index is 0.00120. The van der Waals surface area contributed by atoms with Gasteiger partial charge in [0.05, 0.1) is 9.88 Å². The van der Waals surface area contributed by atoms with Gasteiger partial charge in [-0.05, 0) is 13.8 Å². The molecule has 1 atom stereocenters. The Labute approximate surface area is 69.0 Å². The second-order valence-corrected chi connectivity index (χ2v) is 3.77. The van der Waals surface area contributed by atoms with Crippen LogP contribution in [0.1, 0.15) is 22.9 Å². The number of hydrogen-bond donors (Lipinski definition) is 1. The SMILES string of the molecule is Cc1nc(Cl)c(C(C)N)s1. The summed E-state index contributed by atoms with van der Waals surface area (Å²) in [5.41, 5.74) is 5.61. The van der Waals surface area contributed by atoms with Crippen molar-refractivity contribution < 1.29 is 0 Å². The van der Waals surface area contributed by atoms with Crippen molar-refractivity contribution in [2.45, 2.75) is 19.9 Å². The molecule has 2 nitrogen and oxygen atoms in total. The lowest BCUT2D eigenvalue weighted by Crippen LogP contribution is -2.02. The predicted octanol–water partition coefficient (Wildman–Crippen LogP) is 2.12. The molecule has 0 fully saturated rings. The Hall–Kier alpha value is -0.120. The molecule has 2 N–H and O–H groups in total. The van der Waals surface area contributed by atoms with Crippen LogP contribution in [0, 0.1) is 6.92 Å². The monoisotopic (exact) mass is 176 g/mol. The summed E-state index contributed by atoms with van der Waals surface area (Å²) in [6.07, 6.45) is 0. The number of halogens is 1. The molecule has 0 saturated heterocycles. The third-order valence-corrected chi connectivity index (χ3v) is 2.70. The van der Waals surface area contributed by atoms with Crippen LogP contribution in [0.2, 0.25) is 5.15 Å². The zero-order valence-corrected chi connectivity index (χ0v) is 7.46. The average molecular weight is 177 g/mol. The molecule has 0 radical (unpaired) electrons. The Bertz CT molecular complexity index is 232. The molecule has 56 valence electrons. The molecule has 0 amide bonds. The maximum Gasteiger partial charge on any atom is 0.145 e. The Morgan fingerprint density at radius 1 is 1.70 bits per heavy atom. The van der Waals surface area contributed by atoms with Crippen molar-refractivity contribution in [1.29, 1.82) is 0 Å². The molecule has 0 aliphatic heterocycles. The zero-order chi connectivity index (χ0) is 7.72. The van der Waals surface area contributed by atoms with Crippen LogP contribution in [0.4, 0.5) is 0 Å². The van der Waals surface area contributed by atoms with Crippen molar-refractivity contribution in [3.05, 3.63) is 15.0 Å². The van der Waals surface area contributed by atoms with E-state index in [1.165, 1.54) is 0 Å². The fraction of sp³-hybridized carbons (Fsp3) is 0.500. The molecule has 1 heterocycles. The van der Waals surface area contributed by atoms with Gasteiger partial charge in [0.25, 0.3) is 0 Å². The first-order valence-electron chi connectivity index (χ1n) is 2.99. The summed E-state index contributed by atoms with van der Waals surface area (Å²) in [6.45, 7) is 3.82. The highest BCUT2D eigenvalue weighted by atomic mass is 35.5. The van der Waals surface area contributed by atoms with E-state index in [4.69, 9.17) is 17.3 Å². The molecule has 1 unspecified atom stereocenters. The summed E-state index contributed by atoms with van der Waals surface area (Å²) in [4.78, 5) is 5.01. The van der Waals surface area contributed by atoms with E-state index in [2.05, 4.69) is 4.98 Å². The summed E-state index contributed by atoms with van der Waals surface area (Å²) >= 11 is 7.31. The largest absolute Gasteiger partial charge is 0.323 e. The molecule has 0 aliphatic rings. The molecule has 0 aliphatic carbocycles. The van der Waals surface area contributed by atoms with Gasteiger partial charge < -0.3 is 5.73 Å². The summed E-state index contributed by atoms with van der Waals surface area (Å²) in [5.74, 6) is 0. The van der Waals surface area contributed by atoms with Gasteiger partial charge in [0.2, 0.25) is 0 Å². The Morgan fingerprint density at radius 2 is 2.30 bits per heavy atom. The second-order valence-electron chi connectivity index (χ2n) is 2.18. The van der Waals surface area contributed by atoms with Gasteiger partial charge in [0, 0.05) is 6.04 Å². The van der Waals surface area contributed by atoms with Crippen molar-refractivity contribution in [2.75, 3.05) is 0 Å². The van der Waals surface area contributed by atoms with Crippen molar-refractivity contribution in [1.82, 2.24) is 4.98 Å². The van der Waals surface area contributed by atoms with Gasteiger partial charge in [-0.2, -0.15) is 0 Å². The predicted molar refractivity (Wildman–Crippen MR) is 44.5 cm³/mol. The first kappa shape index (κ1) is 7.98. The van der Waals surface area contributed by atoms with Gasteiger partial charge >= 0.3 is 0 Å². The molecule has 1 aromatic rings. The Kier molecular flexibility index (Phi) is 2.28. The molecule has 0 spiro atoms. The van der Waals surface area contributed by atoms with E-state index in [0.29, 0.717) is 5.15 Å². The molecule has 10 heavy (non-hydrogen) atoms. The third kappa shape index (κ3) is 1.48. The lowest BCUT2D eigenvalue weighted by molar-refractivity contribution is 0.835. The van der Waals surface area contributed by atoms with Crippen LogP contribution in [0.3, 0.4) is 0 Å². The normalized spacial score (nSPS) is 13.6. The van der Waals surface area contributed by atoms with E-state index in [-0.39, 0.29) is 6.04 Å². The van der Waals surface area contributed by atoms with Crippen LogP contribution in [-0.2, 0) is 0 Å². The number of thiazole rings is 1. The molecule has 0 aromatic carbocycles. The van der Waals surface area contributed by atoms with Gasteiger partial charge in [0.1, 0.15) is 5.15 Å². The summed E-state index contributed by atoms with van der Waals surface area (Å²) in [5, 5.41) is 1.52. The number of nitrogens with zero attached hydrogens (tertiary/aromatic N) is 1. The Morgan fingerprint density at radius 3 is 2.50 bits per heavy atom. The van der Waals surface area contributed by atoms with Gasteiger partial charge in [0.15, 0.2) is 0 Å². The minimum Gasteiger partial charge on any atom is -0.323 e. The second kappa shape index (κ2) is 2.86.